The first-order valence-electron chi connectivity index (χ1n) is 5.49. The van der Waals surface area contributed by atoms with Gasteiger partial charge in [-0.25, -0.2) is 0 Å². The van der Waals surface area contributed by atoms with Crippen molar-refractivity contribution in [1.29, 1.82) is 0 Å². The largest absolute Gasteiger partial charge is 0.496 e. The summed E-state index contributed by atoms with van der Waals surface area (Å²) in [5, 5.41) is 9.28. The molecule has 0 saturated heterocycles. The van der Waals surface area contributed by atoms with Gasteiger partial charge in [0.15, 0.2) is 0 Å². The van der Waals surface area contributed by atoms with Crippen molar-refractivity contribution in [2.24, 2.45) is 0 Å². The number of carbonyl (C=O) groups is 1. The normalized spacial score (nSPS) is 12.1. The summed E-state index contributed by atoms with van der Waals surface area (Å²) in [7, 11) is 3.27. The zero-order chi connectivity index (χ0) is 13.2. The number of aliphatic hydroxyl groups excluding tert-OH is 1. The molecule has 1 aromatic carbocycles. The number of anilines is 1. The number of benzene rings is 1. The minimum absolute atomic E-state index is 0.325. The van der Waals surface area contributed by atoms with Crippen LogP contribution in [-0.4, -0.2) is 31.3 Å². The molecule has 17 heavy (non-hydrogen) atoms. The fourth-order valence-electron chi connectivity index (χ4n) is 1.85. The number of methoxy groups -OCH3 is 1. The van der Waals surface area contributed by atoms with Crippen molar-refractivity contribution in [1.82, 2.24) is 0 Å². The van der Waals surface area contributed by atoms with E-state index < -0.39 is 6.10 Å². The molecule has 1 aromatic rings. The number of rotatable bonds is 3. The highest BCUT2D eigenvalue weighted by atomic mass is 16.5. The molecule has 0 aliphatic rings. The predicted molar refractivity (Wildman–Crippen MR) is 67.6 cm³/mol. The van der Waals surface area contributed by atoms with E-state index in [0.29, 0.717) is 0 Å². The summed E-state index contributed by atoms with van der Waals surface area (Å²) in [6, 6.07) is 3.73. The zero-order valence-corrected chi connectivity index (χ0v) is 10.9. The molecule has 1 unspecified atom stereocenters. The van der Waals surface area contributed by atoms with E-state index in [1.165, 1.54) is 11.8 Å². The molecule has 4 heteroatoms. The van der Waals surface area contributed by atoms with Crippen molar-refractivity contribution < 1.29 is 14.6 Å². The Hall–Kier alpha value is -1.55. The zero-order valence-electron chi connectivity index (χ0n) is 10.9. The van der Waals surface area contributed by atoms with Gasteiger partial charge in [0.1, 0.15) is 11.9 Å². The number of hydrogen-bond donors (Lipinski definition) is 1. The van der Waals surface area contributed by atoms with Gasteiger partial charge in [0.2, 0.25) is 0 Å². The van der Waals surface area contributed by atoms with E-state index >= 15 is 0 Å². The molecule has 1 atom stereocenters. The van der Waals surface area contributed by atoms with Crippen LogP contribution in [0.2, 0.25) is 0 Å². The molecule has 0 saturated carbocycles. The van der Waals surface area contributed by atoms with Gasteiger partial charge in [0, 0.05) is 12.7 Å². The standard InChI is InChI=1S/C13H19NO3/c1-8-6-11(7-9(2)12(8)17-5)14(4)13(16)10(3)15/h6-7,10,15H,1-5H3. The van der Waals surface area contributed by atoms with Crippen LogP contribution in [0.4, 0.5) is 5.69 Å². The Labute approximate surface area is 102 Å². The van der Waals surface area contributed by atoms with Gasteiger partial charge in [-0.3, -0.25) is 4.79 Å². The highest BCUT2D eigenvalue weighted by Gasteiger charge is 2.17. The summed E-state index contributed by atoms with van der Waals surface area (Å²) in [4.78, 5) is 13.1. The van der Waals surface area contributed by atoms with E-state index in [4.69, 9.17) is 4.74 Å². The molecule has 0 heterocycles. The summed E-state index contributed by atoms with van der Waals surface area (Å²) in [6.45, 7) is 5.31. The molecule has 1 N–H and O–H groups in total. The predicted octanol–water partition coefficient (Wildman–Crippen LogP) is 1.66. The molecule has 0 aromatic heterocycles. The van der Waals surface area contributed by atoms with Crippen LogP contribution in [0.1, 0.15) is 18.1 Å². The average molecular weight is 237 g/mol. The first-order valence-corrected chi connectivity index (χ1v) is 5.49. The second-order valence-electron chi connectivity index (χ2n) is 4.19. The number of aliphatic hydroxyl groups is 1. The molecular weight excluding hydrogens is 218 g/mol. The van der Waals surface area contributed by atoms with Crippen LogP contribution < -0.4 is 9.64 Å². The van der Waals surface area contributed by atoms with Gasteiger partial charge >= 0.3 is 0 Å². The monoisotopic (exact) mass is 237 g/mol. The van der Waals surface area contributed by atoms with Crippen molar-refractivity contribution >= 4 is 11.6 Å². The lowest BCUT2D eigenvalue weighted by Crippen LogP contribution is -2.34. The van der Waals surface area contributed by atoms with Gasteiger partial charge in [-0.05, 0) is 44.0 Å². The number of amides is 1. The van der Waals surface area contributed by atoms with Crippen LogP contribution in [0.15, 0.2) is 12.1 Å². The summed E-state index contributed by atoms with van der Waals surface area (Å²) >= 11 is 0. The third-order valence-corrected chi connectivity index (χ3v) is 2.72. The maximum atomic E-state index is 11.7. The molecule has 1 amide bonds. The Balaban J connectivity index is 3.12. The fraction of sp³-hybridized carbons (Fsp3) is 0.462. The lowest BCUT2D eigenvalue weighted by molar-refractivity contribution is -0.125. The molecule has 1 rings (SSSR count). The van der Waals surface area contributed by atoms with Crippen molar-refractivity contribution in [2.45, 2.75) is 26.9 Å². The minimum atomic E-state index is -0.997. The molecule has 0 fully saturated rings. The van der Waals surface area contributed by atoms with Crippen molar-refractivity contribution in [3.63, 3.8) is 0 Å². The second-order valence-corrected chi connectivity index (χ2v) is 4.19. The summed E-state index contributed by atoms with van der Waals surface area (Å²) < 4.78 is 5.27. The van der Waals surface area contributed by atoms with Gasteiger partial charge in [-0.1, -0.05) is 0 Å². The van der Waals surface area contributed by atoms with Crippen LogP contribution in [0.5, 0.6) is 5.75 Å². The van der Waals surface area contributed by atoms with Gasteiger partial charge in [0.05, 0.1) is 7.11 Å². The lowest BCUT2D eigenvalue weighted by Gasteiger charge is -2.21. The van der Waals surface area contributed by atoms with Gasteiger partial charge < -0.3 is 14.7 Å². The Morgan fingerprint density at radius 3 is 2.18 bits per heavy atom. The van der Waals surface area contributed by atoms with E-state index in [0.717, 1.165) is 22.6 Å². The minimum Gasteiger partial charge on any atom is -0.496 e. The smallest absolute Gasteiger partial charge is 0.255 e. The molecule has 0 bridgehead atoms. The van der Waals surface area contributed by atoms with Crippen molar-refractivity contribution in [3.05, 3.63) is 23.3 Å². The summed E-state index contributed by atoms with van der Waals surface area (Å²) in [5.41, 5.74) is 2.69. The topological polar surface area (TPSA) is 49.8 Å². The molecule has 0 radical (unpaired) electrons. The number of carbonyl (C=O) groups excluding carboxylic acids is 1. The second kappa shape index (κ2) is 5.19. The average Bonchev–Trinajstić information content (AvgIpc) is 2.26. The highest BCUT2D eigenvalue weighted by Crippen LogP contribution is 2.28. The fourth-order valence-corrected chi connectivity index (χ4v) is 1.85. The van der Waals surface area contributed by atoms with Crippen LogP contribution in [0, 0.1) is 13.8 Å². The number of ether oxygens (including phenoxy) is 1. The quantitative estimate of drug-likeness (QED) is 0.869. The van der Waals surface area contributed by atoms with E-state index in [2.05, 4.69) is 0 Å². The van der Waals surface area contributed by atoms with E-state index in [9.17, 15) is 9.90 Å². The van der Waals surface area contributed by atoms with Crippen LogP contribution >= 0.6 is 0 Å². The first-order chi connectivity index (χ1) is 7.88. The van der Waals surface area contributed by atoms with E-state index in [1.54, 1.807) is 14.2 Å². The Morgan fingerprint density at radius 1 is 1.35 bits per heavy atom. The molecular formula is C13H19NO3. The number of likely N-dealkylation sites (N-methyl/N-ethyl adjacent to an activating group) is 1. The van der Waals surface area contributed by atoms with Crippen LogP contribution in [0.3, 0.4) is 0 Å². The Bertz CT molecular complexity index is 404. The van der Waals surface area contributed by atoms with Gasteiger partial charge in [-0.15, -0.1) is 0 Å². The SMILES string of the molecule is COc1c(C)cc(N(C)C(=O)C(C)O)cc1C. The Morgan fingerprint density at radius 2 is 1.82 bits per heavy atom. The Kier molecular flexibility index (Phi) is 4.12. The number of nitrogens with zero attached hydrogens (tertiary/aromatic N) is 1. The van der Waals surface area contributed by atoms with Gasteiger partial charge in [-0.2, -0.15) is 0 Å². The maximum absolute atomic E-state index is 11.7. The molecule has 0 spiro atoms. The maximum Gasteiger partial charge on any atom is 0.255 e. The third kappa shape index (κ3) is 2.77. The lowest BCUT2D eigenvalue weighted by atomic mass is 10.1. The first kappa shape index (κ1) is 13.5. The van der Waals surface area contributed by atoms with Crippen molar-refractivity contribution in [3.8, 4) is 5.75 Å². The molecule has 0 aliphatic carbocycles. The third-order valence-electron chi connectivity index (χ3n) is 2.72. The van der Waals surface area contributed by atoms with E-state index in [1.807, 2.05) is 26.0 Å². The van der Waals surface area contributed by atoms with E-state index in [-0.39, 0.29) is 5.91 Å². The molecule has 0 aliphatic heterocycles. The number of hydrogen-bond acceptors (Lipinski definition) is 3. The molecule has 4 nitrogen and oxygen atoms in total. The summed E-state index contributed by atoms with van der Waals surface area (Å²) in [5.74, 6) is 0.501. The number of aryl methyl sites for hydroxylation is 2. The molecule has 94 valence electrons. The highest BCUT2D eigenvalue weighted by molar-refractivity contribution is 5.95. The van der Waals surface area contributed by atoms with Crippen molar-refractivity contribution in [2.75, 3.05) is 19.1 Å². The van der Waals surface area contributed by atoms with Crippen LogP contribution in [-0.2, 0) is 4.79 Å². The summed E-state index contributed by atoms with van der Waals surface area (Å²) in [6.07, 6.45) is -0.997. The van der Waals surface area contributed by atoms with Crippen LogP contribution in [0.25, 0.3) is 0 Å². The van der Waals surface area contributed by atoms with Gasteiger partial charge in [0.25, 0.3) is 5.91 Å².